The molecule has 3 heterocycles. The Kier molecular flexibility index (Phi) is 8.77. The molecule has 1 aromatic carbocycles. The maximum Gasteiger partial charge on any atom is 0.490 e. The monoisotopic (exact) mass is 559 g/mol. The maximum atomic E-state index is 13.1. The molecule has 1 amide bonds. The number of aliphatic carboxylic acids is 1. The van der Waals surface area contributed by atoms with Gasteiger partial charge in [-0.3, -0.25) is 9.69 Å². The summed E-state index contributed by atoms with van der Waals surface area (Å²) < 4.78 is 37.3. The third kappa shape index (κ3) is 7.22. The van der Waals surface area contributed by atoms with E-state index in [-0.39, 0.29) is 11.9 Å². The number of anilines is 1. The first kappa shape index (κ1) is 27.8. The first-order chi connectivity index (χ1) is 17.5. The Hall–Kier alpha value is -2.21. The van der Waals surface area contributed by atoms with Crippen LogP contribution in [0.25, 0.3) is 0 Å². The van der Waals surface area contributed by atoms with Crippen molar-refractivity contribution in [1.29, 1.82) is 0 Å². The largest absolute Gasteiger partial charge is 0.490 e. The molecule has 7 nitrogen and oxygen atoms in total. The number of hydrogen-bond donors (Lipinski definition) is 2. The molecule has 2 aromatic rings. The van der Waals surface area contributed by atoms with Gasteiger partial charge in [-0.25, -0.2) is 9.78 Å². The summed E-state index contributed by atoms with van der Waals surface area (Å²) in [6.45, 7) is 3.47. The van der Waals surface area contributed by atoms with Crippen molar-refractivity contribution >= 4 is 39.9 Å². The summed E-state index contributed by atoms with van der Waals surface area (Å²) >= 11 is 7.68. The molecule has 1 atom stereocenters. The molecule has 0 saturated carbocycles. The Morgan fingerprint density at radius 3 is 2.54 bits per heavy atom. The first-order valence-electron chi connectivity index (χ1n) is 12.2. The molecule has 2 N–H and O–H groups in total. The second-order valence-electron chi connectivity index (χ2n) is 9.73. The number of rotatable bonds is 4. The van der Waals surface area contributed by atoms with Crippen molar-refractivity contribution in [2.24, 2.45) is 5.41 Å². The molecule has 0 bridgehead atoms. The number of amides is 1. The van der Waals surface area contributed by atoms with Gasteiger partial charge in [0.2, 0.25) is 5.91 Å². The van der Waals surface area contributed by atoms with Gasteiger partial charge in [0.1, 0.15) is 0 Å². The molecule has 0 radical (unpaired) electrons. The number of nitrogens with one attached hydrogen (secondary N) is 1. The summed E-state index contributed by atoms with van der Waals surface area (Å²) in [5, 5.41) is 11.8. The lowest BCUT2D eigenvalue weighted by Gasteiger charge is -2.39. The molecule has 1 spiro atoms. The van der Waals surface area contributed by atoms with Crippen molar-refractivity contribution in [3.63, 3.8) is 0 Å². The molecule has 12 heteroatoms. The van der Waals surface area contributed by atoms with Crippen molar-refractivity contribution in [1.82, 2.24) is 9.88 Å². The lowest BCUT2D eigenvalue weighted by atomic mass is 9.70. The zero-order valence-electron chi connectivity index (χ0n) is 20.2. The van der Waals surface area contributed by atoms with Crippen molar-refractivity contribution < 1.29 is 32.6 Å². The Balaban J connectivity index is 0.000000405. The fourth-order valence-electron chi connectivity index (χ4n) is 5.14. The number of carbonyl (C=O) groups excluding carboxylic acids is 1. The highest BCUT2D eigenvalue weighted by Gasteiger charge is 2.39. The zero-order chi connectivity index (χ0) is 26.6. The number of fused-ring (bicyclic) bond motifs is 1. The number of ether oxygens (including phenoxy) is 1. The van der Waals surface area contributed by atoms with E-state index in [0.717, 1.165) is 75.0 Å². The minimum Gasteiger partial charge on any atom is -0.475 e. The number of carbonyl (C=O) groups is 2. The van der Waals surface area contributed by atoms with E-state index in [1.807, 2.05) is 24.3 Å². The van der Waals surface area contributed by atoms with Gasteiger partial charge in [0, 0.05) is 29.7 Å². The predicted molar refractivity (Wildman–Crippen MR) is 134 cm³/mol. The second-order valence-corrected chi connectivity index (χ2v) is 11.2. The van der Waals surface area contributed by atoms with Crippen LogP contribution < -0.4 is 5.32 Å². The van der Waals surface area contributed by atoms with Gasteiger partial charge in [-0.2, -0.15) is 13.2 Å². The number of carboxylic acids is 1. The van der Waals surface area contributed by atoms with Crippen molar-refractivity contribution in [3.05, 3.63) is 45.4 Å². The number of nitrogens with zero attached hydrogens (tertiary/aromatic N) is 2. The van der Waals surface area contributed by atoms with Crippen molar-refractivity contribution in [3.8, 4) is 0 Å². The molecule has 37 heavy (non-hydrogen) atoms. The number of aryl methyl sites for hydroxylation is 1. The van der Waals surface area contributed by atoms with E-state index in [1.54, 1.807) is 11.3 Å². The van der Waals surface area contributed by atoms with Gasteiger partial charge in [-0.05, 0) is 74.6 Å². The molecule has 202 valence electrons. The third-order valence-electron chi connectivity index (χ3n) is 7.20. The van der Waals surface area contributed by atoms with Crippen LogP contribution in [0, 0.1) is 5.41 Å². The number of alkyl halides is 3. The fraction of sp³-hybridized carbons (Fsp3) is 0.560. The highest BCUT2D eigenvalue weighted by molar-refractivity contribution is 7.15. The SMILES string of the molecule is O=C(Nc1nc2c(s1)CC1(CCOCC1)CC2)C1CCCN1Cc1ccc(Cl)cc1.O=C(O)C(F)(F)F. The Morgan fingerprint density at radius 2 is 1.89 bits per heavy atom. The number of carboxylic acid groups (broad SMARTS) is 1. The Labute approximate surface area is 222 Å². The molecular weight excluding hydrogens is 531 g/mol. The summed E-state index contributed by atoms with van der Waals surface area (Å²) in [6.07, 6.45) is 2.46. The van der Waals surface area contributed by atoms with Crippen LogP contribution in [0.15, 0.2) is 24.3 Å². The number of aromatic nitrogens is 1. The van der Waals surface area contributed by atoms with Gasteiger partial charge in [-0.1, -0.05) is 23.7 Å². The van der Waals surface area contributed by atoms with Crippen LogP contribution in [0.3, 0.4) is 0 Å². The highest BCUT2D eigenvalue weighted by Crippen LogP contribution is 2.45. The molecule has 2 aliphatic heterocycles. The predicted octanol–water partition coefficient (Wildman–Crippen LogP) is 5.32. The van der Waals surface area contributed by atoms with Gasteiger partial charge >= 0.3 is 12.1 Å². The van der Waals surface area contributed by atoms with Crippen LogP contribution in [-0.4, -0.2) is 58.8 Å². The van der Waals surface area contributed by atoms with Crippen LogP contribution >= 0.6 is 22.9 Å². The van der Waals surface area contributed by atoms with Crippen LogP contribution in [0.1, 0.15) is 48.2 Å². The van der Waals surface area contributed by atoms with Gasteiger partial charge < -0.3 is 15.2 Å². The molecule has 3 aliphatic rings. The number of hydrogen-bond acceptors (Lipinski definition) is 6. The molecule has 1 aromatic heterocycles. The first-order valence-corrected chi connectivity index (χ1v) is 13.4. The lowest BCUT2D eigenvalue weighted by Crippen LogP contribution is -2.39. The zero-order valence-corrected chi connectivity index (χ0v) is 21.7. The maximum absolute atomic E-state index is 13.1. The van der Waals surface area contributed by atoms with Gasteiger partial charge in [0.25, 0.3) is 0 Å². The summed E-state index contributed by atoms with van der Waals surface area (Å²) in [5.74, 6) is -2.68. The minimum absolute atomic E-state index is 0.0772. The minimum atomic E-state index is -5.08. The smallest absolute Gasteiger partial charge is 0.475 e. The second kappa shape index (κ2) is 11.7. The van der Waals surface area contributed by atoms with Crippen LogP contribution in [-0.2, 0) is 33.7 Å². The van der Waals surface area contributed by atoms with Crippen LogP contribution in [0.2, 0.25) is 5.02 Å². The van der Waals surface area contributed by atoms with E-state index in [2.05, 4.69) is 10.2 Å². The Morgan fingerprint density at radius 1 is 1.22 bits per heavy atom. The van der Waals surface area contributed by atoms with Crippen molar-refractivity contribution in [2.75, 3.05) is 25.1 Å². The quantitative estimate of drug-likeness (QED) is 0.527. The van der Waals surface area contributed by atoms with Gasteiger partial charge in [0.05, 0.1) is 11.7 Å². The average Bonchev–Trinajstić information content (AvgIpc) is 3.47. The molecule has 2 saturated heterocycles. The van der Waals surface area contributed by atoms with E-state index in [9.17, 15) is 18.0 Å². The third-order valence-corrected chi connectivity index (χ3v) is 8.46. The van der Waals surface area contributed by atoms with E-state index in [4.69, 9.17) is 31.2 Å². The van der Waals surface area contributed by atoms with E-state index in [1.165, 1.54) is 22.6 Å². The molecule has 5 rings (SSSR count). The molecule has 1 aliphatic carbocycles. The normalized spacial score (nSPS) is 21.1. The summed E-state index contributed by atoms with van der Waals surface area (Å²) in [6, 6.07) is 7.80. The highest BCUT2D eigenvalue weighted by atomic mass is 35.5. The van der Waals surface area contributed by atoms with E-state index in [0.29, 0.717) is 5.41 Å². The van der Waals surface area contributed by atoms with E-state index >= 15 is 0 Å². The van der Waals surface area contributed by atoms with Crippen LogP contribution in [0.4, 0.5) is 18.3 Å². The molecule has 1 unspecified atom stereocenters. The average molecular weight is 560 g/mol. The summed E-state index contributed by atoms with van der Waals surface area (Å²) in [4.78, 5) is 30.4. The topological polar surface area (TPSA) is 91.8 Å². The fourth-order valence-corrected chi connectivity index (χ4v) is 6.45. The molecule has 2 fully saturated rings. The standard InChI is InChI=1S/C23H28ClN3O2S.C2HF3O2/c24-17-5-3-16(4-6-17)15-27-11-1-2-19(27)21(28)26-22-25-18-7-8-23(14-20(18)30-22)9-12-29-13-10-23;3-2(4,5)1(6)7/h3-6,19H,1-2,7-15H2,(H,25,26,28);(H,6,7). The number of thiazole rings is 1. The number of likely N-dealkylation sites (tertiary alicyclic amines) is 1. The van der Waals surface area contributed by atoms with Crippen molar-refractivity contribution in [2.45, 2.75) is 63.7 Å². The number of halogens is 4. The summed E-state index contributed by atoms with van der Waals surface area (Å²) in [5.41, 5.74) is 2.77. The Bertz CT molecular complexity index is 1100. The summed E-state index contributed by atoms with van der Waals surface area (Å²) in [7, 11) is 0. The van der Waals surface area contributed by atoms with Gasteiger partial charge in [-0.15, -0.1) is 11.3 Å². The van der Waals surface area contributed by atoms with E-state index < -0.39 is 12.1 Å². The van der Waals surface area contributed by atoms with Crippen LogP contribution in [0.5, 0.6) is 0 Å². The molecular formula is C25H29ClF3N3O4S. The van der Waals surface area contributed by atoms with Gasteiger partial charge in [0.15, 0.2) is 5.13 Å². The lowest BCUT2D eigenvalue weighted by molar-refractivity contribution is -0.192. The number of benzene rings is 1.